The number of carbonyl (C=O) groups is 1. The van der Waals surface area contributed by atoms with Crippen molar-refractivity contribution in [3.63, 3.8) is 0 Å². The standard InChI is InChI=1S/C37H35FN4O6/c1-45-34-18-26(9-12-33(34)48-23-29-22-46-15-16-47-29)27-17-30(36(39)40-19-27)25-7-10-28(11-8-25)41-37(44)32-21-42(14-13-38)20-31(35(32)43)24-5-3-2-4-6-24/h2-12,17-21,29H,13-16,22-23H2,1H3,(H2,39,40)(H,41,44)/t29-/m1/s1. The van der Waals surface area contributed by atoms with E-state index in [1.165, 1.54) is 10.8 Å². The number of hydrogen-bond donors (Lipinski definition) is 2. The molecule has 5 aromatic rings. The van der Waals surface area contributed by atoms with Gasteiger partial charge < -0.3 is 34.6 Å². The summed E-state index contributed by atoms with van der Waals surface area (Å²) >= 11 is 0. The Morgan fingerprint density at radius 2 is 1.73 bits per heavy atom. The number of nitrogens with zero attached hydrogens (tertiary/aromatic N) is 2. The van der Waals surface area contributed by atoms with Gasteiger partial charge >= 0.3 is 0 Å². The SMILES string of the molecule is COc1cc(-c2cnc(N)c(-c3ccc(NC(=O)c4cn(CCF)cc(-c5ccccc5)c4=O)cc3)c2)ccc1OC[C@H]1COCCO1. The Balaban J connectivity index is 1.20. The first-order chi connectivity index (χ1) is 23.4. The van der Waals surface area contributed by atoms with Crippen LogP contribution in [-0.2, 0) is 16.0 Å². The third-order valence-electron chi connectivity index (χ3n) is 7.93. The molecule has 0 saturated carbocycles. The molecule has 3 aromatic carbocycles. The maximum Gasteiger partial charge on any atom is 0.261 e. The molecule has 11 heteroatoms. The van der Waals surface area contributed by atoms with Gasteiger partial charge in [-0.1, -0.05) is 48.5 Å². The molecule has 48 heavy (non-hydrogen) atoms. The number of pyridine rings is 2. The van der Waals surface area contributed by atoms with Crippen LogP contribution >= 0.6 is 0 Å². The number of anilines is 2. The molecule has 1 fully saturated rings. The van der Waals surface area contributed by atoms with Crippen LogP contribution in [0.4, 0.5) is 15.9 Å². The molecule has 246 valence electrons. The smallest absolute Gasteiger partial charge is 0.261 e. The maximum absolute atomic E-state index is 13.3. The van der Waals surface area contributed by atoms with E-state index in [2.05, 4.69) is 10.3 Å². The molecular weight excluding hydrogens is 615 g/mol. The Kier molecular flexibility index (Phi) is 10.1. The Labute approximate surface area is 276 Å². The molecule has 0 unspecified atom stereocenters. The van der Waals surface area contributed by atoms with Gasteiger partial charge in [-0.15, -0.1) is 0 Å². The Bertz CT molecular complexity index is 1940. The number of methoxy groups -OCH3 is 1. The quantitative estimate of drug-likeness (QED) is 0.182. The zero-order valence-electron chi connectivity index (χ0n) is 26.4. The van der Waals surface area contributed by atoms with Crippen molar-refractivity contribution in [3.8, 4) is 44.9 Å². The van der Waals surface area contributed by atoms with E-state index < -0.39 is 18.0 Å². The molecule has 1 saturated heterocycles. The van der Waals surface area contributed by atoms with Crippen molar-refractivity contribution in [1.29, 1.82) is 0 Å². The molecule has 1 aliphatic rings. The number of benzene rings is 3. The first-order valence-corrected chi connectivity index (χ1v) is 15.5. The third-order valence-corrected chi connectivity index (χ3v) is 7.93. The number of aryl methyl sites for hydroxylation is 1. The molecule has 0 aliphatic carbocycles. The lowest BCUT2D eigenvalue weighted by molar-refractivity contribution is -0.101. The number of halogens is 1. The first-order valence-electron chi connectivity index (χ1n) is 15.5. The molecule has 0 spiro atoms. The minimum Gasteiger partial charge on any atom is -0.493 e. The van der Waals surface area contributed by atoms with Crippen molar-refractivity contribution in [2.75, 3.05) is 51.3 Å². The fourth-order valence-corrected chi connectivity index (χ4v) is 5.42. The lowest BCUT2D eigenvalue weighted by Gasteiger charge is -2.23. The average Bonchev–Trinajstić information content (AvgIpc) is 3.13. The van der Waals surface area contributed by atoms with E-state index in [0.717, 1.165) is 16.7 Å². The number of rotatable bonds is 11. The van der Waals surface area contributed by atoms with Crippen LogP contribution < -0.4 is 26.0 Å². The zero-order chi connectivity index (χ0) is 33.5. The van der Waals surface area contributed by atoms with E-state index in [1.54, 1.807) is 55.9 Å². The van der Waals surface area contributed by atoms with Crippen LogP contribution in [0.1, 0.15) is 10.4 Å². The summed E-state index contributed by atoms with van der Waals surface area (Å²) in [4.78, 5) is 31.1. The van der Waals surface area contributed by atoms with E-state index in [4.69, 9.17) is 24.7 Å². The summed E-state index contributed by atoms with van der Waals surface area (Å²) in [6.07, 6.45) is 4.50. The second-order valence-electron chi connectivity index (χ2n) is 11.1. The summed E-state index contributed by atoms with van der Waals surface area (Å²) in [5.74, 6) is 0.892. The molecule has 10 nitrogen and oxygen atoms in total. The maximum atomic E-state index is 13.3. The highest BCUT2D eigenvalue weighted by atomic mass is 19.1. The summed E-state index contributed by atoms with van der Waals surface area (Å²) in [6, 6.07) is 23.6. The molecule has 3 heterocycles. The van der Waals surface area contributed by atoms with Gasteiger partial charge in [-0.05, 0) is 47.0 Å². The van der Waals surface area contributed by atoms with Crippen molar-refractivity contribution >= 4 is 17.4 Å². The van der Waals surface area contributed by atoms with Crippen molar-refractivity contribution in [2.24, 2.45) is 0 Å². The number of nitrogens with one attached hydrogen (secondary N) is 1. The van der Waals surface area contributed by atoms with Crippen molar-refractivity contribution in [2.45, 2.75) is 12.6 Å². The molecule has 0 radical (unpaired) electrons. The van der Waals surface area contributed by atoms with E-state index in [-0.39, 0.29) is 18.2 Å². The number of nitrogen functional groups attached to an aromatic ring is 1. The van der Waals surface area contributed by atoms with Crippen LogP contribution in [0.2, 0.25) is 0 Å². The molecule has 6 rings (SSSR count). The predicted molar refractivity (Wildman–Crippen MR) is 182 cm³/mol. The second kappa shape index (κ2) is 14.9. The van der Waals surface area contributed by atoms with Crippen molar-refractivity contribution < 1.29 is 28.1 Å². The summed E-state index contributed by atoms with van der Waals surface area (Å²) in [5, 5.41) is 2.79. The van der Waals surface area contributed by atoms with E-state index in [0.29, 0.717) is 66.1 Å². The number of alkyl halides is 1. The van der Waals surface area contributed by atoms with Crippen LogP contribution in [-0.4, -0.2) is 61.8 Å². The van der Waals surface area contributed by atoms with Gasteiger partial charge in [-0.2, -0.15) is 0 Å². The minimum absolute atomic E-state index is 0.0139. The fraction of sp³-hybridized carbons (Fsp3) is 0.216. The monoisotopic (exact) mass is 650 g/mol. The van der Waals surface area contributed by atoms with Crippen LogP contribution in [0.5, 0.6) is 11.5 Å². The van der Waals surface area contributed by atoms with Crippen LogP contribution in [0.15, 0.2) is 102 Å². The van der Waals surface area contributed by atoms with Gasteiger partial charge in [0, 0.05) is 41.0 Å². The topological polar surface area (TPSA) is 127 Å². The molecule has 1 aliphatic heterocycles. The molecule has 0 bridgehead atoms. The normalized spacial score (nSPS) is 14.3. The fourth-order valence-electron chi connectivity index (χ4n) is 5.42. The van der Waals surface area contributed by atoms with Gasteiger partial charge in [0.1, 0.15) is 30.8 Å². The summed E-state index contributed by atoms with van der Waals surface area (Å²) < 4.78 is 37.4. The Morgan fingerprint density at radius 3 is 2.46 bits per heavy atom. The Hall–Kier alpha value is -5.52. The zero-order valence-corrected chi connectivity index (χ0v) is 26.4. The van der Waals surface area contributed by atoms with E-state index in [9.17, 15) is 14.0 Å². The summed E-state index contributed by atoms with van der Waals surface area (Å²) in [5.41, 5.74) is 10.3. The van der Waals surface area contributed by atoms with Gasteiger partial charge in [0.2, 0.25) is 5.43 Å². The number of carbonyl (C=O) groups excluding carboxylic acids is 1. The average molecular weight is 651 g/mol. The van der Waals surface area contributed by atoms with Gasteiger partial charge in [0.25, 0.3) is 5.91 Å². The largest absolute Gasteiger partial charge is 0.493 e. The van der Waals surface area contributed by atoms with Gasteiger partial charge in [-0.3, -0.25) is 9.59 Å². The molecule has 1 atom stereocenters. The number of ether oxygens (including phenoxy) is 4. The summed E-state index contributed by atoms with van der Waals surface area (Å²) in [6.45, 7) is 1.33. The number of nitrogens with two attached hydrogens (primary N) is 1. The van der Waals surface area contributed by atoms with Gasteiger partial charge in [0.05, 0.1) is 33.5 Å². The first kappa shape index (κ1) is 32.4. The lowest BCUT2D eigenvalue weighted by Crippen LogP contribution is -2.33. The van der Waals surface area contributed by atoms with E-state index >= 15 is 0 Å². The number of hydrogen-bond acceptors (Lipinski definition) is 8. The number of aromatic nitrogens is 2. The minimum atomic E-state index is -0.640. The third kappa shape index (κ3) is 7.38. The van der Waals surface area contributed by atoms with Crippen LogP contribution in [0.3, 0.4) is 0 Å². The highest BCUT2D eigenvalue weighted by Crippen LogP contribution is 2.35. The molecular formula is C37H35FN4O6. The predicted octanol–water partition coefficient (Wildman–Crippen LogP) is 5.85. The van der Waals surface area contributed by atoms with Crippen molar-refractivity contribution in [1.82, 2.24) is 9.55 Å². The highest BCUT2D eigenvalue weighted by molar-refractivity contribution is 6.04. The van der Waals surface area contributed by atoms with E-state index in [1.807, 2.05) is 42.5 Å². The number of amides is 1. The van der Waals surface area contributed by atoms with Gasteiger partial charge in [-0.25, -0.2) is 9.37 Å². The van der Waals surface area contributed by atoms with Crippen LogP contribution in [0, 0.1) is 0 Å². The highest BCUT2D eigenvalue weighted by Gasteiger charge is 2.19. The molecule has 2 aromatic heterocycles. The Morgan fingerprint density at radius 1 is 0.958 bits per heavy atom. The molecule has 1 amide bonds. The van der Waals surface area contributed by atoms with Crippen molar-refractivity contribution in [3.05, 3.63) is 113 Å². The second-order valence-corrected chi connectivity index (χ2v) is 11.1. The lowest BCUT2D eigenvalue weighted by atomic mass is 10.0. The molecule has 3 N–H and O–H groups in total. The van der Waals surface area contributed by atoms with Crippen LogP contribution in [0.25, 0.3) is 33.4 Å². The van der Waals surface area contributed by atoms with Gasteiger partial charge in [0.15, 0.2) is 11.5 Å². The summed E-state index contributed by atoms with van der Waals surface area (Å²) in [7, 11) is 1.58.